The number of ether oxygens (including phenoxy) is 3. The van der Waals surface area contributed by atoms with Gasteiger partial charge < -0.3 is 24.8 Å². The van der Waals surface area contributed by atoms with Gasteiger partial charge in [-0.05, 0) is 43.7 Å². The van der Waals surface area contributed by atoms with Crippen LogP contribution in [0.3, 0.4) is 0 Å². The monoisotopic (exact) mass is 556 g/mol. The number of fused-ring (bicyclic) bond motifs is 1. The van der Waals surface area contributed by atoms with Crippen molar-refractivity contribution in [3.05, 3.63) is 93.7 Å². The van der Waals surface area contributed by atoms with Gasteiger partial charge in [0, 0.05) is 23.4 Å². The van der Waals surface area contributed by atoms with Crippen LogP contribution in [-0.4, -0.2) is 46.4 Å². The fourth-order valence-corrected chi connectivity index (χ4v) is 4.70. The number of allylic oxidation sites excluding steroid dienone is 1. The quantitative estimate of drug-likeness (QED) is 0.210. The Morgan fingerprint density at radius 1 is 1.05 bits per heavy atom. The largest absolute Gasteiger partial charge is 0.495 e. The molecule has 0 fully saturated rings. The lowest BCUT2D eigenvalue weighted by Crippen LogP contribution is -2.31. The maximum absolute atomic E-state index is 13.9. The highest BCUT2D eigenvalue weighted by Gasteiger charge is 2.35. The van der Waals surface area contributed by atoms with Gasteiger partial charge in [-0.15, -0.1) is 5.10 Å². The molecule has 1 atom stereocenters. The Morgan fingerprint density at radius 3 is 2.56 bits per heavy atom. The fourth-order valence-electron chi connectivity index (χ4n) is 4.70. The average molecular weight is 557 g/mol. The molecule has 2 N–H and O–H groups in total. The first kappa shape index (κ1) is 27.2. The number of nitro benzene ring substituents is 1. The number of non-ortho nitro benzene ring substituents is 1. The van der Waals surface area contributed by atoms with Crippen LogP contribution in [0.5, 0.6) is 17.2 Å². The first-order valence-corrected chi connectivity index (χ1v) is 12.8. The summed E-state index contributed by atoms with van der Waals surface area (Å²) in [5.41, 5.74) is 2.51. The Balaban J connectivity index is 1.63. The van der Waals surface area contributed by atoms with Crippen molar-refractivity contribution in [1.82, 2.24) is 14.8 Å². The summed E-state index contributed by atoms with van der Waals surface area (Å²) in [4.78, 5) is 29.4. The number of para-hydroxylation sites is 2. The van der Waals surface area contributed by atoms with Gasteiger partial charge in [0.15, 0.2) is 17.3 Å². The number of carbonyl (C=O) groups excluding carboxylic acids is 1. The molecule has 0 aliphatic carbocycles. The topological polar surface area (TPSA) is 143 Å². The number of carbonyl (C=O) groups is 1. The maximum Gasteiger partial charge on any atom is 0.270 e. The molecule has 1 unspecified atom stereocenters. The minimum absolute atomic E-state index is 0.0813. The van der Waals surface area contributed by atoms with Crippen LogP contribution in [0.2, 0.25) is 0 Å². The number of benzene rings is 3. The molecule has 41 heavy (non-hydrogen) atoms. The number of methoxy groups -OCH3 is 2. The van der Waals surface area contributed by atoms with Crippen molar-refractivity contribution >= 4 is 23.2 Å². The molecule has 4 aromatic rings. The third-order valence-corrected chi connectivity index (χ3v) is 6.57. The number of nitrogens with zero attached hydrogens (tertiary/aromatic N) is 4. The highest BCUT2D eigenvalue weighted by atomic mass is 16.6. The summed E-state index contributed by atoms with van der Waals surface area (Å²) in [6.07, 6.45) is 0. The average Bonchev–Trinajstić information content (AvgIpc) is 3.40. The molecule has 2 heterocycles. The Morgan fingerprint density at radius 2 is 1.83 bits per heavy atom. The highest BCUT2D eigenvalue weighted by molar-refractivity contribution is 6.06. The van der Waals surface area contributed by atoms with E-state index in [1.54, 1.807) is 61.2 Å². The summed E-state index contributed by atoms with van der Waals surface area (Å²) in [7, 11) is 3.07. The zero-order chi connectivity index (χ0) is 29.1. The Hall–Kier alpha value is -5.39. The van der Waals surface area contributed by atoms with Gasteiger partial charge in [0.1, 0.15) is 11.8 Å². The molecule has 1 aromatic heterocycles. The smallest absolute Gasteiger partial charge is 0.270 e. The van der Waals surface area contributed by atoms with E-state index in [-0.39, 0.29) is 17.4 Å². The van der Waals surface area contributed by atoms with Gasteiger partial charge in [0.05, 0.1) is 37.0 Å². The molecule has 3 aromatic carbocycles. The minimum atomic E-state index is -0.731. The SMILES string of the molecule is CCOc1ccc(C2C(C(=O)Nc3ccccc3OC)=C(C)Nc3nc(-c4cccc([N+](=O)[O-])c4)nn32)cc1OC. The van der Waals surface area contributed by atoms with Crippen molar-refractivity contribution < 1.29 is 23.9 Å². The summed E-state index contributed by atoms with van der Waals surface area (Å²) in [6.45, 7) is 4.11. The van der Waals surface area contributed by atoms with Crippen LogP contribution in [0.4, 0.5) is 17.3 Å². The van der Waals surface area contributed by atoms with Crippen molar-refractivity contribution in [2.75, 3.05) is 31.5 Å². The molecular weight excluding hydrogens is 528 g/mol. The van der Waals surface area contributed by atoms with Crippen molar-refractivity contribution in [2.45, 2.75) is 19.9 Å². The zero-order valence-corrected chi connectivity index (χ0v) is 22.9. The summed E-state index contributed by atoms with van der Waals surface area (Å²) in [5, 5.41) is 22.2. The second kappa shape index (κ2) is 11.4. The van der Waals surface area contributed by atoms with E-state index in [0.29, 0.717) is 57.9 Å². The molecule has 1 aliphatic heterocycles. The van der Waals surface area contributed by atoms with Gasteiger partial charge >= 0.3 is 0 Å². The Labute approximate surface area is 235 Å². The van der Waals surface area contributed by atoms with Gasteiger partial charge in [-0.3, -0.25) is 14.9 Å². The van der Waals surface area contributed by atoms with Crippen LogP contribution in [0.15, 0.2) is 78.0 Å². The second-order valence-electron chi connectivity index (χ2n) is 9.07. The van der Waals surface area contributed by atoms with Gasteiger partial charge in [-0.25, -0.2) is 4.68 Å². The zero-order valence-electron chi connectivity index (χ0n) is 22.9. The van der Waals surface area contributed by atoms with Crippen molar-refractivity contribution in [2.24, 2.45) is 0 Å². The molecule has 0 radical (unpaired) electrons. The Kier molecular flexibility index (Phi) is 7.55. The number of nitrogens with one attached hydrogen (secondary N) is 2. The van der Waals surface area contributed by atoms with Crippen LogP contribution in [0, 0.1) is 10.1 Å². The van der Waals surface area contributed by atoms with Crippen LogP contribution in [0.1, 0.15) is 25.5 Å². The molecule has 12 nitrogen and oxygen atoms in total. The van der Waals surface area contributed by atoms with E-state index in [1.165, 1.54) is 19.2 Å². The van der Waals surface area contributed by atoms with Crippen LogP contribution in [0.25, 0.3) is 11.4 Å². The first-order valence-electron chi connectivity index (χ1n) is 12.8. The van der Waals surface area contributed by atoms with Crippen LogP contribution >= 0.6 is 0 Å². The third-order valence-electron chi connectivity index (χ3n) is 6.57. The lowest BCUT2D eigenvalue weighted by atomic mass is 9.94. The van der Waals surface area contributed by atoms with Crippen molar-refractivity contribution in [1.29, 1.82) is 0 Å². The number of aromatic nitrogens is 3. The molecule has 5 rings (SSSR count). The molecule has 0 spiro atoms. The lowest BCUT2D eigenvalue weighted by Gasteiger charge is -2.29. The summed E-state index contributed by atoms with van der Waals surface area (Å²) < 4.78 is 18.3. The first-order chi connectivity index (χ1) is 19.8. The molecule has 0 saturated carbocycles. The number of anilines is 2. The van der Waals surface area contributed by atoms with Gasteiger partial charge in [-0.2, -0.15) is 4.98 Å². The van der Waals surface area contributed by atoms with Gasteiger partial charge in [0.25, 0.3) is 11.6 Å². The lowest BCUT2D eigenvalue weighted by molar-refractivity contribution is -0.384. The van der Waals surface area contributed by atoms with Crippen molar-refractivity contribution in [3.63, 3.8) is 0 Å². The van der Waals surface area contributed by atoms with Gasteiger partial charge in [0.2, 0.25) is 5.95 Å². The predicted octanol–water partition coefficient (Wildman–Crippen LogP) is 5.20. The molecule has 0 bridgehead atoms. The van der Waals surface area contributed by atoms with E-state index in [9.17, 15) is 14.9 Å². The van der Waals surface area contributed by atoms with E-state index in [4.69, 9.17) is 19.3 Å². The molecular formula is C29H28N6O6. The van der Waals surface area contributed by atoms with E-state index < -0.39 is 11.0 Å². The number of amides is 1. The second-order valence-corrected chi connectivity index (χ2v) is 9.07. The molecule has 0 saturated heterocycles. The summed E-state index contributed by atoms with van der Waals surface area (Å²) in [5.74, 6) is 1.82. The molecule has 210 valence electrons. The van der Waals surface area contributed by atoms with Crippen LogP contribution in [-0.2, 0) is 4.79 Å². The fraction of sp³-hybridized carbons (Fsp3) is 0.207. The number of hydrogen-bond donors (Lipinski definition) is 2. The minimum Gasteiger partial charge on any atom is -0.495 e. The van der Waals surface area contributed by atoms with E-state index in [1.807, 2.05) is 19.1 Å². The summed E-state index contributed by atoms with van der Waals surface area (Å²) >= 11 is 0. The van der Waals surface area contributed by atoms with E-state index in [2.05, 4.69) is 15.6 Å². The number of nitro groups is 1. The normalized spacial score (nSPS) is 14.1. The predicted molar refractivity (Wildman–Crippen MR) is 152 cm³/mol. The Bertz CT molecular complexity index is 1660. The van der Waals surface area contributed by atoms with E-state index >= 15 is 0 Å². The maximum atomic E-state index is 13.9. The van der Waals surface area contributed by atoms with Gasteiger partial charge in [-0.1, -0.05) is 30.3 Å². The number of hydrogen-bond acceptors (Lipinski definition) is 9. The van der Waals surface area contributed by atoms with Crippen LogP contribution < -0.4 is 24.8 Å². The molecule has 1 amide bonds. The standard InChI is InChI=1S/C29H28N6O6/c1-5-41-23-14-13-18(16-24(23)40-4)26-25(28(36)31-21-11-6-7-12-22(21)39-3)17(2)30-29-32-27(33-34(26)29)19-9-8-10-20(15-19)35(37)38/h6-16,26H,5H2,1-4H3,(H,31,36)(H,30,32,33). The summed E-state index contributed by atoms with van der Waals surface area (Å²) in [6, 6.07) is 17.9. The van der Waals surface area contributed by atoms with Crippen molar-refractivity contribution in [3.8, 4) is 28.6 Å². The molecule has 1 aliphatic rings. The van der Waals surface area contributed by atoms with E-state index in [0.717, 1.165) is 0 Å². The molecule has 12 heteroatoms. The third kappa shape index (κ3) is 5.26. The highest BCUT2D eigenvalue weighted by Crippen LogP contribution is 2.40. The number of rotatable bonds is 9.